The second-order valence-corrected chi connectivity index (χ2v) is 5.98. The highest BCUT2D eigenvalue weighted by molar-refractivity contribution is 5.85. The first kappa shape index (κ1) is 14.9. The summed E-state index contributed by atoms with van der Waals surface area (Å²) in [6.07, 6.45) is 0. The van der Waals surface area contributed by atoms with Crippen LogP contribution >= 0.6 is 0 Å². The molecule has 22 heavy (non-hydrogen) atoms. The summed E-state index contributed by atoms with van der Waals surface area (Å²) in [5.41, 5.74) is 2.19. The molecule has 0 unspecified atom stereocenters. The van der Waals surface area contributed by atoms with E-state index < -0.39 is 0 Å². The molecular weight excluding hydrogens is 278 g/mol. The summed E-state index contributed by atoms with van der Waals surface area (Å²) in [5.74, 6) is 1.04. The second-order valence-electron chi connectivity index (χ2n) is 5.98. The minimum Gasteiger partial charge on any atom is -0.497 e. The van der Waals surface area contributed by atoms with E-state index in [0.717, 1.165) is 48.5 Å². The summed E-state index contributed by atoms with van der Waals surface area (Å²) < 4.78 is 7.36. The van der Waals surface area contributed by atoms with Gasteiger partial charge in [0.25, 0.3) is 0 Å². The zero-order chi connectivity index (χ0) is 15.7. The highest BCUT2D eigenvalue weighted by atomic mass is 16.5. The van der Waals surface area contributed by atoms with Gasteiger partial charge in [-0.3, -0.25) is 4.79 Å². The summed E-state index contributed by atoms with van der Waals surface area (Å²) in [5, 5.41) is 1.11. The Morgan fingerprint density at radius 3 is 2.59 bits per heavy atom. The standard InChI is InChI=1S/C17H23N3O2/c1-13-10-14-11-15(22-3)4-5-16(14)20(13)12-17(21)19-8-6-18(2)7-9-19/h4-5,10-11H,6-9,12H2,1-3H3. The van der Waals surface area contributed by atoms with Crippen LogP contribution in [0.4, 0.5) is 0 Å². The predicted octanol–water partition coefficient (Wildman–Crippen LogP) is 1.73. The van der Waals surface area contributed by atoms with Gasteiger partial charge in [-0.2, -0.15) is 0 Å². The number of aryl methyl sites for hydroxylation is 1. The molecule has 2 aromatic rings. The molecule has 5 heteroatoms. The van der Waals surface area contributed by atoms with Crippen LogP contribution in [0.3, 0.4) is 0 Å². The van der Waals surface area contributed by atoms with Gasteiger partial charge < -0.3 is 19.1 Å². The van der Waals surface area contributed by atoms with Gasteiger partial charge in [0.05, 0.1) is 7.11 Å². The van der Waals surface area contributed by atoms with E-state index in [2.05, 4.69) is 22.6 Å². The predicted molar refractivity (Wildman–Crippen MR) is 87.3 cm³/mol. The Kier molecular flexibility index (Phi) is 4.07. The van der Waals surface area contributed by atoms with Crippen molar-refractivity contribution in [1.82, 2.24) is 14.4 Å². The molecule has 0 saturated carbocycles. The molecule has 0 radical (unpaired) electrons. The average molecular weight is 301 g/mol. The lowest BCUT2D eigenvalue weighted by molar-refractivity contribution is -0.133. The van der Waals surface area contributed by atoms with Crippen LogP contribution in [-0.2, 0) is 11.3 Å². The van der Waals surface area contributed by atoms with Crippen LogP contribution in [0.5, 0.6) is 5.75 Å². The minimum atomic E-state index is 0.199. The molecule has 1 aliphatic rings. The van der Waals surface area contributed by atoms with Gasteiger partial charge in [0.15, 0.2) is 0 Å². The van der Waals surface area contributed by atoms with Crippen molar-refractivity contribution in [3.63, 3.8) is 0 Å². The molecule has 1 saturated heterocycles. The van der Waals surface area contributed by atoms with Crippen LogP contribution in [0.25, 0.3) is 10.9 Å². The van der Waals surface area contributed by atoms with Crippen LogP contribution in [0.1, 0.15) is 5.69 Å². The first-order valence-corrected chi connectivity index (χ1v) is 7.68. The number of likely N-dealkylation sites (N-methyl/N-ethyl adjacent to an activating group) is 1. The molecule has 2 heterocycles. The molecule has 0 spiro atoms. The summed E-state index contributed by atoms with van der Waals surface area (Å²) in [6.45, 7) is 6.00. The Hall–Kier alpha value is -2.01. The second kappa shape index (κ2) is 6.01. The number of hydrogen-bond acceptors (Lipinski definition) is 3. The van der Waals surface area contributed by atoms with E-state index in [0.29, 0.717) is 6.54 Å². The number of ether oxygens (including phenoxy) is 1. The van der Waals surface area contributed by atoms with Gasteiger partial charge >= 0.3 is 0 Å². The molecule has 1 amide bonds. The number of benzene rings is 1. The van der Waals surface area contributed by atoms with Crippen molar-refractivity contribution in [3.8, 4) is 5.75 Å². The number of hydrogen-bond donors (Lipinski definition) is 0. The molecule has 0 aliphatic carbocycles. The zero-order valence-corrected chi connectivity index (χ0v) is 13.5. The summed E-state index contributed by atoms with van der Waals surface area (Å²) in [6, 6.07) is 8.09. The van der Waals surface area contributed by atoms with Gasteiger partial charge in [-0.15, -0.1) is 0 Å². The molecule has 1 aliphatic heterocycles. The molecule has 1 aromatic heterocycles. The molecular formula is C17H23N3O2. The van der Waals surface area contributed by atoms with Gasteiger partial charge in [0.2, 0.25) is 5.91 Å². The third-order valence-electron chi connectivity index (χ3n) is 4.46. The quantitative estimate of drug-likeness (QED) is 0.866. The van der Waals surface area contributed by atoms with Gasteiger partial charge in [-0.05, 0) is 38.2 Å². The largest absolute Gasteiger partial charge is 0.497 e. The topological polar surface area (TPSA) is 37.7 Å². The summed E-state index contributed by atoms with van der Waals surface area (Å²) >= 11 is 0. The van der Waals surface area contributed by atoms with E-state index in [-0.39, 0.29) is 5.91 Å². The van der Waals surface area contributed by atoms with E-state index in [1.165, 1.54) is 0 Å². The molecule has 0 N–H and O–H groups in total. The number of carbonyl (C=O) groups excluding carboxylic acids is 1. The van der Waals surface area contributed by atoms with Gasteiger partial charge in [0, 0.05) is 42.8 Å². The van der Waals surface area contributed by atoms with Crippen molar-refractivity contribution < 1.29 is 9.53 Å². The Labute approximate surface area is 131 Å². The highest BCUT2D eigenvalue weighted by Crippen LogP contribution is 2.24. The highest BCUT2D eigenvalue weighted by Gasteiger charge is 2.20. The maximum atomic E-state index is 12.6. The van der Waals surface area contributed by atoms with E-state index >= 15 is 0 Å². The molecule has 5 nitrogen and oxygen atoms in total. The fourth-order valence-corrected chi connectivity index (χ4v) is 3.01. The number of aromatic nitrogens is 1. The summed E-state index contributed by atoms with van der Waals surface area (Å²) in [7, 11) is 3.76. The zero-order valence-electron chi connectivity index (χ0n) is 13.5. The normalized spacial score (nSPS) is 16.2. The molecule has 118 valence electrons. The van der Waals surface area contributed by atoms with Gasteiger partial charge in [-0.1, -0.05) is 0 Å². The maximum absolute atomic E-state index is 12.6. The number of amides is 1. The van der Waals surface area contributed by atoms with Gasteiger partial charge in [0.1, 0.15) is 12.3 Å². The summed E-state index contributed by atoms with van der Waals surface area (Å²) in [4.78, 5) is 16.8. The van der Waals surface area contributed by atoms with Crippen molar-refractivity contribution in [2.24, 2.45) is 0 Å². The first-order valence-electron chi connectivity index (χ1n) is 7.68. The number of methoxy groups -OCH3 is 1. The fourth-order valence-electron chi connectivity index (χ4n) is 3.01. The van der Waals surface area contributed by atoms with Crippen molar-refractivity contribution in [3.05, 3.63) is 30.0 Å². The van der Waals surface area contributed by atoms with E-state index in [4.69, 9.17) is 4.74 Å². The monoisotopic (exact) mass is 301 g/mol. The first-order chi connectivity index (χ1) is 10.6. The van der Waals surface area contributed by atoms with Crippen LogP contribution in [-0.4, -0.2) is 60.6 Å². The number of piperazine rings is 1. The SMILES string of the molecule is COc1ccc2c(c1)cc(C)n2CC(=O)N1CCN(C)CC1. The molecule has 3 rings (SSSR count). The average Bonchev–Trinajstić information content (AvgIpc) is 2.83. The third kappa shape index (κ3) is 2.81. The smallest absolute Gasteiger partial charge is 0.242 e. The Bertz CT molecular complexity index is 685. The van der Waals surface area contributed by atoms with Crippen LogP contribution in [0.2, 0.25) is 0 Å². The molecule has 1 fully saturated rings. The number of fused-ring (bicyclic) bond motifs is 1. The maximum Gasteiger partial charge on any atom is 0.242 e. The number of carbonyl (C=O) groups is 1. The third-order valence-corrected chi connectivity index (χ3v) is 4.46. The van der Waals surface area contributed by atoms with Crippen molar-refractivity contribution in [1.29, 1.82) is 0 Å². The van der Waals surface area contributed by atoms with Crippen LogP contribution in [0.15, 0.2) is 24.3 Å². The van der Waals surface area contributed by atoms with E-state index in [1.807, 2.05) is 30.0 Å². The van der Waals surface area contributed by atoms with Crippen molar-refractivity contribution in [2.45, 2.75) is 13.5 Å². The van der Waals surface area contributed by atoms with Crippen LogP contribution in [0, 0.1) is 6.92 Å². The lowest BCUT2D eigenvalue weighted by atomic mass is 10.2. The van der Waals surface area contributed by atoms with E-state index in [1.54, 1.807) is 7.11 Å². The van der Waals surface area contributed by atoms with E-state index in [9.17, 15) is 4.79 Å². The molecule has 0 atom stereocenters. The van der Waals surface area contributed by atoms with Gasteiger partial charge in [-0.25, -0.2) is 0 Å². The lowest BCUT2D eigenvalue weighted by Crippen LogP contribution is -2.48. The van der Waals surface area contributed by atoms with Crippen molar-refractivity contribution in [2.75, 3.05) is 40.3 Å². The lowest BCUT2D eigenvalue weighted by Gasteiger charge is -2.32. The molecule has 0 bridgehead atoms. The number of rotatable bonds is 3. The molecule has 1 aromatic carbocycles. The Morgan fingerprint density at radius 2 is 1.91 bits per heavy atom. The minimum absolute atomic E-state index is 0.199. The fraction of sp³-hybridized carbons (Fsp3) is 0.471. The number of nitrogens with zero attached hydrogens (tertiary/aromatic N) is 3. The Morgan fingerprint density at radius 1 is 1.18 bits per heavy atom. The Balaban J connectivity index is 1.81. The van der Waals surface area contributed by atoms with Crippen LogP contribution < -0.4 is 4.74 Å². The van der Waals surface area contributed by atoms with Crippen molar-refractivity contribution >= 4 is 16.8 Å².